The number of nitrogens with two attached hydrogens (primary N) is 1. The third-order valence-electron chi connectivity index (χ3n) is 0.836. The van der Waals surface area contributed by atoms with Crippen LogP contribution in [0.25, 0.3) is 0 Å². The van der Waals surface area contributed by atoms with Gasteiger partial charge in [-0.3, -0.25) is 4.79 Å². The number of hydrogen-bond donors (Lipinski definition) is 1. The quantitative estimate of drug-likeness (QED) is 0.550. The largest absolute Gasteiger partial charge is 0.463 e. The van der Waals surface area contributed by atoms with Crippen LogP contribution in [0.15, 0.2) is 0 Å². The van der Waals surface area contributed by atoms with E-state index in [1.807, 2.05) is 0 Å². The van der Waals surface area contributed by atoms with Gasteiger partial charge in [-0.25, -0.2) is 0 Å². The highest BCUT2D eigenvalue weighted by Gasteiger charge is 2.24. The van der Waals surface area contributed by atoms with Crippen molar-refractivity contribution in [3.05, 3.63) is 0 Å². The molecule has 0 aliphatic carbocycles. The van der Waals surface area contributed by atoms with Gasteiger partial charge in [-0.1, -0.05) is 15.9 Å². The van der Waals surface area contributed by atoms with Crippen molar-refractivity contribution in [2.75, 3.05) is 13.2 Å². The van der Waals surface area contributed by atoms with Gasteiger partial charge in [0, 0.05) is 6.54 Å². The number of hydrogen-bond acceptors (Lipinski definition) is 3. The standard InChI is InChI=1S/C6H12BrNO2/c1-6(2,7)5(9)10-4-3-8/h3-4,8H2,1-2H3. The zero-order chi connectivity index (χ0) is 8.20. The SMILES string of the molecule is CC(C)(Br)C(=O)OCCN. The fraction of sp³-hybridized carbons (Fsp3) is 0.833. The second-order valence-corrected chi connectivity index (χ2v) is 4.38. The molecule has 3 nitrogen and oxygen atoms in total. The average molecular weight is 210 g/mol. The van der Waals surface area contributed by atoms with Gasteiger partial charge >= 0.3 is 5.97 Å². The van der Waals surface area contributed by atoms with E-state index in [1.54, 1.807) is 13.8 Å². The van der Waals surface area contributed by atoms with Gasteiger partial charge in [-0.15, -0.1) is 0 Å². The van der Waals surface area contributed by atoms with Crippen LogP contribution in [0.5, 0.6) is 0 Å². The van der Waals surface area contributed by atoms with E-state index in [0.29, 0.717) is 6.54 Å². The first kappa shape index (κ1) is 9.91. The van der Waals surface area contributed by atoms with E-state index in [9.17, 15) is 4.79 Å². The predicted molar refractivity (Wildman–Crippen MR) is 43.0 cm³/mol. The van der Waals surface area contributed by atoms with Crippen LogP contribution in [0.4, 0.5) is 0 Å². The molecule has 0 amide bonds. The number of esters is 1. The molecule has 0 bridgehead atoms. The molecule has 0 radical (unpaired) electrons. The summed E-state index contributed by atoms with van der Waals surface area (Å²) in [4.78, 5) is 10.9. The van der Waals surface area contributed by atoms with E-state index in [2.05, 4.69) is 15.9 Å². The Balaban J connectivity index is 3.64. The first-order chi connectivity index (χ1) is 4.48. The van der Waals surface area contributed by atoms with Gasteiger partial charge in [0.25, 0.3) is 0 Å². The lowest BCUT2D eigenvalue weighted by molar-refractivity contribution is -0.145. The number of alkyl halides is 1. The Morgan fingerprint density at radius 1 is 1.70 bits per heavy atom. The smallest absolute Gasteiger partial charge is 0.322 e. The highest BCUT2D eigenvalue weighted by atomic mass is 79.9. The molecule has 0 aromatic heterocycles. The van der Waals surface area contributed by atoms with Crippen molar-refractivity contribution in [1.82, 2.24) is 0 Å². The number of halogens is 1. The minimum atomic E-state index is -0.595. The first-order valence-corrected chi connectivity index (χ1v) is 3.84. The summed E-state index contributed by atoms with van der Waals surface area (Å²) in [6.07, 6.45) is 0. The Morgan fingerprint density at radius 3 is 2.50 bits per heavy atom. The lowest BCUT2D eigenvalue weighted by Gasteiger charge is -2.13. The van der Waals surface area contributed by atoms with Crippen LogP contribution in [0.1, 0.15) is 13.8 Å². The Bertz CT molecular complexity index is 119. The summed E-state index contributed by atoms with van der Waals surface area (Å²) in [6.45, 7) is 4.11. The minimum Gasteiger partial charge on any atom is -0.463 e. The molecular weight excluding hydrogens is 198 g/mol. The minimum absolute atomic E-state index is 0.280. The Kier molecular flexibility index (Phi) is 3.89. The van der Waals surface area contributed by atoms with Crippen LogP contribution in [-0.4, -0.2) is 23.4 Å². The van der Waals surface area contributed by atoms with Gasteiger partial charge in [0.2, 0.25) is 0 Å². The molecule has 0 fully saturated rings. The van der Waals surface area contributed by atoms with Gasteiger partial charge in [0.15, 0.2) is 0 Å². The van der Waals surface area contributed by atoms with Gasteiger partial charge in [0.1, 0.15) is 10.9 Å². The molecule has 4 heteroatoms. The molecule has 0 aliphatic rings. The Labute approximate surface area is 69.0 Å². The van der Waals surface area contributed by atoms with Crippen molar-refractivity contribution >= 4 is 21.9 Å². The van der Waals surface area contributed by atoms with Crippen molar-refractivity contribution in [3.63, 3.8) is 0 Å². The van der Waals surface area contributed by atoms with Crippen molar-refractivity contribution in [2.45, 2.75) is 18.2 Å². The second-order valence-electron chi connectivity index (χ2n) is 2.40. The van der Waals surface area contributed by atoms with E-state index >= 15 is 0 Å². The molecule has 0 rings (SSSR count). The molecule has 0 unspecified atom stereocenters. The fourth-order valence-electron chi connectivity index (χ4n) is 0.323. The average Bonchev–Trinajstić information content (AvgIpc) is 1.80. The van der Waals surface area contributed by atoms with Crippen molar-refractivity contribution in [2.24, 2.45) is 5.73 Å². The van der Waals surface area contributed by atoms with Crippen LogP contribution < -0.4 is 5.73 Å². The molecule has 10 heavy (non-hydrogen) atoms. The molecule has 0 aromatic rings. The highest BCUT2D eigenvalue weighted by molar-refractivity contribution is 9.10. The van der Waals surface area contributed by atoms with Crippen molar-refractivity contribution in [3.8, 4) is 0 Å². The van der Waals surface area contributed by atoms with E-state index in [4.69, 9.17) is 10.5 Å². The summed E-state index contributed by atoms with van der Waals surface area (Å²) >= 11 is 3.16. The molecule has 0 aromatic carbocycles. The zero-order valence-electron chi connectivity index (χ0n) is 6.19. The zero-order valence-corrected chi connectivity index (χ0v) is 7.77. The molecule has 2 N–H and O–H groups in total. The molecule has 0 saturated heterocycles. The van der Waals surface area contributed by atoms with Crippen LogP contribution in [0.2, 0.25) is 0 Å². The number of rotatable bonds is 3. The monoisotopic (exact) mass is 209 g/mol. The van der Waals surface area contributed by atoms with Gasteiger partial charge in [-0.05, 0) is 13.8 Å². The molecule has 60 valence electrons. The summed E-state index contributed by atoms with van der Waals surface area (Å²) in [5.74, 6) is -0.280. The lowest BCUT2D eigenvalue weighted by Crippen LogP contribution is -2.28. The summed E-state index contributed by atoms with van der Waals surface area (Å²) in [5.41, 5.74) is 5.13. The Hall–Kier alpha value is -0.0900. The van der Waals surface area contributed by atoms with Crippen LogP contribution in [0, 0.1) is 0 Å². The number of carbonyl (C=O) groups is 1. The van der Waals surface area contributed by atoms with Crippen LogP contribution in [-0.2, 0) is 9.53 Å². The third kappa shape index (κ3) is 3.85. The molecule has 0 atom stereocenters. The Morgan fingerprint density at radius 2 is 2.20 bits per heavy atom. The van der Waals surface area contributed by atoms with E-state index in [-0.39, 0.29) is 12.6 Å². The van der Waals surface area contributed by atoms with E-state index in [0.717, 1.165) is 0 Å². The van der Waals surface area contributed by atoms with Gasteiger partial charge < -0.3 is 10.5 Å². The normalized spacial score (nSPS) is 11.2. The third-order valence-corrected chi connectivity index (χ3v) is 1.16. The molecular formula is C6H12BrNO2. The van der Waals surface area contributed by atoms with E-state index < -0.39 is 4.32 Å². The summed E-state index contributed by atoms with van der Waals surface area (Å²) in [6, 6.07) is 0. The maximum atomic E-state index is 10.9. The summed E-state index contributed by atoms with van der Waals surface area (Å²) in [5, 5.41) is 0. The second kappa shape index (κ2) is 3.93. The first-order valence-electron chi connectivity index (χ1n) is 3.04. The highest BCUT2D eigenvalue weighted by Crippen LogP contribution is 2.16. The maximum absolute atomic E-state index is 10.9. The van der Waals surface area contributed by atoms with Crippen molar-refractivity contribution in [1.29, 1.82) is 0 Å². The fourth-order valence-corrected chi connectivity index (χ4v) is 0.438. The summed E-state index contributed by atoms with van der Waals surface area (Å²) < 4.78 is 4.15. The number of ether oxygens (including phenoxy) is 1. The van der Waals surface area contributed by atoms with Crippen molar-refractivity contribution < 1.29 is 9.53 Å². The predicted octanol–water partition coefficient (Wildman–Crippen LogP) is 0.662. The van der Waals surface area contributed by atoms with Gasteiger partial charge in [0.05, 0.1) is 0 Å². The summed E-state index contributed by atoms with van der Waals surface area (Å²) in [7, 11) is 0. The lowest BCUT2D eigenvalue weighted by atomic mass is 10.2. The number of carbonyl (C=O) groups excluding carboxylic acids is 1. The van der Waals surface area contributed by atoms with E-state index in [1.165, 1.54) is 0 Å². The topological polar surface area (TPSA) is 52.3 Å². The molecule has 0 aliphatic heterocycles. The van der Waals surface area contributed by atoms with Crippen LogP contribution in [0.3, 0.4) is 0 Å². The molecule has 0 saturated carbocycles. The van der Waals surface area contributed by atoms with Gasteiger partial charge in [-0.2, -0.15) is 0 Å². The molecule has 0 spiro atoms. The molecule has 0 heterocycles. The van der Waals surface area contributed by atoms with Crippen LogP contribution >= 0.6 is 15.9 Å². The maximum Gasteiger partial charge on any atom is 0.322 e.